The maximum Gasteiger partial charge on any atom is 1.00 e. The largest absolute Gasteiger partial charge is 1.00 e. The topological polar surface area (TPSA) is 104 Å². The number of rotatable bonds is 9. The molecular weight excluding hydrogens is 325 g/mol. The molecule has 9 heteroatoms. The molecule has 0 aromatic carbocycles. The van der Waals surface area contributed by atoms with Crippen molar-refractivity contribution >= 4 is 29.2 Å². The van der Waals surface area contributed by atoms with Crippen molar-refractivity contribution in [3.63, 3.8) is 0 Å². The van der Waals surface area contributed by atoms with Gasteiger partial charge in [0.2, 0.25) is 0 Å². The van der Waals surface area contributed by atoms with Crippen molar-refractivity contribution in [1.82, 2.24) is 4.90 Å². The average molecular weight is 349 g/mol. The molecule has 0 aromatic rings. The summed E-state index contributed by atoms with van der Waals surface area (Å²) >= 11 is 9.93. The Morgan fingerprint density at radius 2 is 1.48 bits per heavy atom. The van der Waals surface area contributed by atoms with Gasteiger partial charge in [-0.2, -0.15) is 0 Å². The molecule has 120 valence electrons. The van der Waals surface area contributed by atoms with Gasteiger partial charge in [0.15, 0.2) is 0 Å². The van der Waals surface area contributed by atoms with Gasteiger partial charge >= 0.3 is 29.6 Å². The summed E-state index contributed by atoms with van der Waals surface area (Å²) < 4.78 is 0.183. The Hall–Kier alpha value is 0.910. The molecule has 0 rings (SSSR count). The Labute approximate surface area is 158 Å². The molecule has 0 unspecified atom stereocenters. The maximum absolute atomic E-state index is 9.94. The van der Waals surface area contributed by atoms with E-state index in [1.807, 2.05) is 13.8 Å². The van der Waals surface area contributed by atoms with Crippen molar-refractivity contribution in [3.8, 4) is 0 Å². The number of hydrogen-bond acceptors (Lipinski definition) is 7. The van der Waals surface area contributed by atoms with Crippen LogP contribution in [0.4, 0.5) is 0 Å². The van der Waals surface area contributed by atoms with E-state index in [2.05, 4.69) is 0 Å². The summed E-state index contributed by atoms with van der Waals surface area (Å²) in [6, 6.07) is 0.0433. The second-order valence-electron chi connectivity index (χ2n) is 4.69. The van der Waals surface area contributed by atoms with Gasteiger partial charge in [0.1, 0.15) is 18.3 Å². The van der Waals surface area contributed by atoms with Gasteiger partial charge in [-0.1, -0.05) is 18.2 Å². The summed E-state index contributed by atoms with van der Waals surface area (Å²) in [6.45, 7) is 3.18. The van der Waals surface area contributed by atoms with Gasteiger partial charge in [-0.3, -0.25) is 0 Å². The van der Waals surface area contributed by atoms with Crippen LogP contribution in [0.5, 0.6) is 0 Å². The van der Waals surface area contributed by atoms with Gasteiger partial charge in [0, 0.05) is 12.6 Å². The van der Waals surface area contributed by atoms with E-state index in [0.29, 0.717) is 0 Å². The fourth-order valence-electron chi connectivity index (χ4n) is 1.97. The zero-order valence-electron chi connectivity index (χ0n) is 12.7. The fraction of sp³-hybridized carbons (Fsp3) is 0.917. The van der Waals surface area contributed by atoms with E-state index < -0.39 is 31.0 Å². The minimum absolute atomic E-state index is 0. The first-order chi connectivity index (χ1) is 9.29. The fourth-order valence-corrected chi connectivity index (χ4v) is 2.42. The molecule has 0 saturated heterocycles. The number of aliphatic hydroxyl groups is 5. The Bertz CT molecular complexity index is 297. The maximum atomic E-state index is 9.94. The van der Waals surface area contributed by atoms with Crippen molar-refractivity contribution in [2.24, 2.45) is 0 Å². The second kappa shape index (κ2) is 12.3. The van der Waals surface area contributed by atoms with Crippen molar-refractivity contribution in [3.05, 3.63) is 0 Å². The molecule has 0 bridgehead atoms. The van der Waals surface area contributed by atoms with Crippen LogP contribution in [0.25, 0.3) is 0 Å². The average Bonchev–Trinajstić information content (AvgIpc) is 2.44. The van der Waals surface area contributed by atoms with Gasteiger partial charge in [-0.15, -0.1) is 0 Å². The van der Waals surface area contributed by atoms with Crippen LogP contribution in [0.3, 0.4) is 0 Å². The third-order valence-electron chi connectivity index (χ3n) is 3.33. The zero-order chi connectivity index (χ0) is 15.9. The van der Waals surface area contributed by atoms with E-state index in [1.54, 1.807) is 4.90 Å². The summed E-state index contributed by atoms with van der Waals surface area (Å²) in [6.07, 6.45) is -4.55. The molecule has 0 amide bonds. The molecule has 0 saturated carbocycles. The molecule has 4 atom stereocenters. The zero-order valence-corrected chi connectivity index (χ0v) is 16.3. The molecule has 0 aliphatic heterocycles. The molecule has 21 heavy (non-hydrogen) atoms. The molecule has 0 aliphatic carbocycles. The number of aliphatic hydroxyl groups excluding tert-OH is 5. The molecular formula is C12H24NNaO5S2. The van der Waals surface area contributed by atoms with E-state index >= 15 is 0 Å². The van der Waals surface area contributed by atoms with Crippen LogP contribution in [0.15, 0.2) is 0 Å². The predicted molar refractivity (Wildman–Crippen MR) is 82.2 cm³/mol. The number of hydrogen-bond donors (Lipinski definition) is 5. The van der Waals surface area contributed by atoms with Crippen LogP contribution in [0, 0.1) is 0 Å². The summed E-state index contributed by atoms with van der Waals surface area (Å²) in [4.78, 5) is 1.62. The second-order valence-corrected chi connectivity index (χ2v) is 5.72. The smallest absolute Gasteiger partial charge is 0.411 e. The van der Waals surface area contributed by atoms with E-state index in [-0.39, 0.29) is 46.5 Å². The minimum Gasteiger partial charge on any atom is -0.411 e. The standard InChI is InChI=1S/C12H25NO5S2.Na/c1-3-7(4-2)13(12(19)20)5-8(15)10(17)11(18)9(16)6-14;/h7-11,14-18H,3-6H2,1-2H3,(H,19,20);/q;+1/p-1/t8-,9+,10+,11+;/m0./s1. The monoisotopic (exact) mass is 349 g/mol. The molecule has 0 aromatic heterocycles. The Kier molecular flexibility index (Phi) is 14.2. The van der Waals surface area contributed by atoms with Crippen LogP contribution >= 0.6 is 12.2 Å². The van der Waals surface area contributed by atoms with Gasteiger partial charge in [0.25, 0.3) is 0 Å². The van der Waals surface area contributed by atoms with Crippen molar-refractivity contribution in [2.45, 2.75) is 57.1 Å². The number of thiocarbonyl (C=S) groups is 1. The molecule has 5 N–H and O–H groups in total. The summed E-state index contributed by atoms with van der Waals surface area (Å²) in [5.74, 6) is 0. The van der Waals surface area contributed by atoms with Gasteiger partial charge in [-0.25, -0.2) is 0 Å². The van der Waals surface area contributed by atoms with Crippen LogP contribution < -0.4 is 29.6 Å². The Morgan fingerprint density at radius 3 is 1.81 bits per heavy atom. The van der Waals surface area contributed by atoms with Crippen LogP contribution in [0.1, 0.15) is 26.7 Å². The predicted octanol–water partition coefficient (Wildman–Crippen LogP) is -4.25. The van der Waals surface area contributed by atoms with E-state index in [1.165, 1.54) is 0 Å². The van der Waals surface area contributed by atoms with Crippen molar-refractivity contribution in [1.29, 1.82) is 0 Å². The van der Waals surface area contributed by atoms with E-state index in [9.17, 15) is 20.4 Å². The third kappa shape index (κ3) is 7.83. The molecule has 0 spiro atoms. The van der Waals surface area contributed by atoms with Crippen LogP contribution in [-0.2, 0) is 12.6 Å². The molecule has 6 nitrogen and oxygen atoms in total. The molecule has 0 heterocycles. The first-order valence-electron chi connectivity index (χ1n) is 6.60. The van der Waals surface area contributed by atoms with Crippen LogP contribution in [0.2, 0.25) is 0 Å². The first kappa shape index (κ1) is 24.2. The minimum atomic E-state index is -1.64. The van der Waals surface area contributed by atoms with E-state index in [0.717, 1.165) is 12.8 Å². The molecule has 0 radical (unpaired) electrons. The molecule has 0 aliphatic rings. The number of nitrogens with zero attached hydrogens (tertiary/aromatic N) is 1. The molecule has 0 fully saturated rings. The van der Waals surface area contributed by atoms with Gasteiger partial charge in [0.05, 0.1) is 12.7 Å². The summed E-state index contributed by atoms with van der Waals surface area (Å²) in [5, 5.41) is 47.3. The van der Waals surface area contributed by atoms with E-state index in [4.69, 9.17) is 30.0 Å². The summed E-state index contributed by atoms with van der Waals surface area (Å²) in [5.41, 5.74) is 0. The van der Waals surface area contributed by atoms with Gasteiger partial charge < -0.3 is 55.3 Å². The Balaban J connectivity index is 0. The first-order valence-corrected chi connectivity index (χ1v) is 7.42. The normalized spacial score (nSPS) is 16.8. The summed E-state index contributed by atoms with van der Waals surface area (Å²) in [7, 11) is 0. The van der Waals surface area contributed by atoms with Crippen molar-refractivity contribution < 1.29 is 55.1 Å². The SMILES string of the molecule is CCC(CC)N(C[C@H](O)[C@@H](O)[C@H](O)[C@H](O)CO)C(=S)[S-].[Na+]. The Morgan fingerprint density at radius 1 is 1.05 bits per heavy atom. The quantitative estimate of drug-likeness (QED) is 0.162. The third-order valence-corrected chi connectivity index (χ3v) is 3.80. The van der Waals surface area contributed by atoms with Crippen LogP contribution in [-0.4, -0.2) is 78.4 Å². The van der Waals surface area contributed by atoms with Gasteiger partial charge in [-0.05, 0) is 12.8 Å². The van der Waals surface area contributed by atoms with Crippen molar-refractivity contribution in [2.75, 3.05) is 13.2 Å².